The first-order valence-corrected chi connectivity index (χ1v) is 5.41. The van der Waals surface area contributed by atoms with Crippen LogP contribution in [0, 0.1) is 5.82 Å². The lowest BCUT2D eigenvalue weighted by Gasteiger charge is -2.10. The highest BCUT2D eigenvalue weighted by atomic mass is 19.1. The van der Waals surface area contributed by atoms with Crippen molar-refractivity contribution in [3.8, 4) is 5.75 Å². The van der Waals surface area contributed by atoms with Gasteiger partial charge in [-0.15, -0.1) is 0 Å². The summed E-state index contributed by atoms with van der Waals surface area (Å²) in [4.78, 5) is 0. The number of hydrogen-bond acceptors (Lipinski definition) is 2. The predicted molar refractivity (Wildman–Crippen MR) is 66.7 cm³/mol. The van der Waals surface area contributed by atoms with Gasteiger partial charge in [0, 0.05) is 6.54 Å². The molecule has 0 unspecified atom stereocenters. The number of benzene rings is 2. The molecule has 0 aromatic heterocycles. The van der Waals surface area contributed by atoms with E-state index in [9.17, 15) is 4.39 Å². The second kappa shape index (κ2) is 5.34. The minimum absolute atomic E-state index is 0.218. The monoisotopic (exact) mass is 231 g/mol. The summed E-state index contributed by atoms with van der Waals surface area (Å²) in [5.74, 6) is 0.563. The van der Waals surface area contributed by atoms with Crippen molar-refractivity contribution in [3.05, 3.63) is 59.9 Å². The number of hydrogen-bond donors (Lipinski definition) is 1. The van der Waals surface area contributed by atoms with Crippen molar-refractivity contribution in [2.24, 2.45) is 0 Å². The van der Waals surface area contributed by atoms with Gasteiger partial charge in [-0.3, -0.25) is 0 Å². The molecule has 17 heavy (non-hydrogen) atoms. The van der Waals surface area contributed by atoms with E-state index in [0.29, 0.717) is 6.54 Å². The fraction of sp³-hybridized carbons (Fsp3) is 0.143. The number of rotatable bonds is 4. The number of ether oxygens (including phenoxy) is 1. The maximum absolute atomic E-state index is 13.0. The van der Waals surface area contributed by atoms with E-state index >= 15 is 0 Å². The van der Waals surface area contributed by atoms with Gasteiger partial charge in [-0.25, -0.2) is 4.39 Å². The van der Waals surface area contributed by atoms with Gasteiger partial charge in [-0.1, -0.05) is 24.3 Å². The molecule has 3 heteroatoms. The Morgan fingerprint density at radius 1 is 1.12 bits per heavy atom. The Morgan fingerprint density at radius 2 is 1.94 bits per heavy atom. The molecule has 0 bridgehead atoms. The fourth-order valence-corrected chi connectivity index (χ4v) is 1.63. The van der Waals surface area contributed by atoms with Crippen LogP contribution in [0.25, 0.3) is 0 Å². The van der Waals surface area contributed by atoms with Gasteiger partial charge in [0.1, 0.15) is 11.6 Å². The van der Waals surface area contributed by atoms with Gasteiger partial charge >= 0.3 is 0 Å². The molecule has 2 aromatic rings. The Balaban J connectivity index is 2.07. The van der Waals surface area contributed by atoms with Gasteiger partial charge in [0.15, 0.2) is 0 Å². The summed E-state index contributed by atoms with van der Waals surface area (Å²) in [6, 6.07) is 14.2. The summed E-state index contributed by atoms with van der Waals surface area (Å²) in [5.41, 5.74) is 1.80. The third-order valence-corrected chi connectivity index (χ3v) is 2.48. The van der Waals surface area contributed by atoms with Crippen molar-refractivity contribution in [1.82, 2.24) is 0 Å². The molecule has 1 N–H and O–H groups in total. The zero-order valence-corrected chi connectivity index (χ0v) is 9.61. The summed E-state index contributed by atoms with van der Waals surface area (Å²) < 4.78 is 18.2. The third kappa shape index (κ3) is 2.97. The number of nitrogens with one attached hydrogen (secondary N) is 1. The molecule has 0 fully saturated rings. The number of halogens is 1. The van der Waals surface area contributed by atoms with Crippen molar-refractivity contribution in [3.63, 3.8) is 0 Å². The number of anilines is 1. The van der Waals surface area contributed by atoms with Crippen molar-refractivity contribution in [2.45, 2.75) is 6.54 Å². The smallest absolute Gasteiger partial charge is 0.141 e. The van der Waals surface area contributed by atoms with Crippen LogP contribution in [0.1, 0.15) is 5.56 Å². The van der Waals surface area contributed by atoms with Gasteiger partial charge in [0.2, 0.25) is 0 Å². The van der Waals surface area contributed by atoms with E-state index in [-0.39, 0.29) is 5.82 Å². The maximum Gasteiger partial charge on any atom is 0.141 e. The normalized spacial score (nSPS) is 10.0. The van der Waals surface area contributed by atoms with Gasteiger partial charge in [-0.2, -0.15) is 0 Å². The molecule has 2 aromatic carbocycles. The molecule has 88 valence electrons. The summed E-state index contributed by atoms with van der Waals surface area (Å²) in [5, 5.41) is 3.22. The van der Waals surface area contributed by atoms with Crippen LogP contribution in [-0.2, 0) is 6.54 Å². The van der Waals surface area contributed by atoms with E-state index in [4.69, 9.17) is 4.74 Å². The molecule has 0 saturated heterocycles. The molecule has 0 saturated carbocycles. The zero-order chi connectivity index (χ0) is 12.1. The molecular weight excluding hydrogens is 217 g/mol. The molecule has 0 aliphatic heterocycles. The standard InChI is InChI=1S/C14H14FNO/c1-17-14-8-3-2-7-13(14)16-10-11-5-4-6-12(15)9-11/h2-9,16H,10H2,1H3. The molecule has 0 atom stereocenters. The minimum atomic E-state index is -0.218. The van der Waals surface area contributed by atoms with Gasteiger partial charge in [0.25, 0.3) is 0 Å². The van der Waals surface area contributed by atoms with Crippen LogP contribution in [0.5, 0.6) is 5.75 Å². The molecule has 0 amide bonds. The van der Waals surface area contributed by atoms with Gasteiger partial charge < -0.3 is 10.1 Å². The molecule has 0 radical (unpaired) electrons. The van der Waals surface area contributed by atoms with E-state index in [1.54, 1.807) is 13.2 Å². The quantitative estimate of drug-likeness (QED) is 0.870. The molecule has 0 heterocycles. The summed E-state index contributed by atoms with van der Waals surface area (Å²) in [7, 11) is 1.63. The van der Waals surface area contributed by atoms with E-state index in [1.807, 2.05) is 30.3 Å². The first-order valence-electron chi connectivity index (χ1n) is 5.41. The van der Waals surface area contributed by atoms with E-state index in [0.717, 1.165) is 17.0 Å². The number of methoxy groups -OCH3 is 1. The summed E-state index contributed by atoms with van der Waals surface area (Å²) in [6.07, 6.45) is 0. The van der Waals surface area contributed by atoms with E-state index in [2.05, 4.69) is 5.32 Å². The lowest BCUT2D eigenvalue weighted by atomic mass is 10.2. The van der Waals surface area contributed by atoms with Gasteiger partial charge in [-0.05, 0) is 29.8 Å². The Hall–Kier alpha value is -2.03. The zero-order valence-electron chi connectivity index (χ0n) is 9.61. The Kier molecular flexibility index (Phi) is 3.60. The highest BCUT2D eigenvalue weighted by molar-refractivity contribution is 5.56. The Labute approximate surface area is 100 Å². The highest BCUT2D eigenvalue weighted by Gasteiger charge is 2.01. The fourth-order valence-electron chi connectivity index (χ4n) is 1.63. The second-order valence-electron chi connectivity index (χ2n) is 3.68. The highest BCUT2D eigenvalue weighted by Crippen LogP contribution is 2.23. The van der Waals surface area contributed by atoms with Gasteiger partial charge in [0.05, 0.1) is 12.8 Å². The largest absolute Gasteiger partial charge is 0.495 e. The first-order chi connectivity index (χ1) is 8.29. The maximum atomic E-state index is 13.0. The minimum Gasteiger partial charge on any atom is -0.495 e. The molecule has 2 rings (SSSR count). The van der Waals surface area contributed by atoms with Crippen LogP contribution in [-0.4, -0.2) is 7.11 Å². The van der Waals surface area contributed by atoms with Crippen molar-refractivity contribution in [1.29, 1.82) is 0 Å². The molecular formula is C14H14FNO. The van der Waals surface area contributed by atoms with E-state index in [1.165, 1.54) is 12.1 Å². The lowest BCUT2D eigenvalue weighted by molar-refractivity contribution is 0.416. The topological polar surface area (TPSA) is 21.3 Å². The Morgan fingerprint density at radius 3 is 2.71 bits per heavy atom. The van der Waals surface area contributed by atoms with Crippen LogP contribution < -0.4 is 10.1 Å². The van der Waals surface area contributed by atoms with Crippen molar-refractivity contribution < 1.29 is 9.13 Å². The third-order valence-electron chi connectivity index (χ3n) is 2.48. The lowest BCUT2D eigenvalue weighted by Crippen LogP contribution is -2.01. The SMILES string of the molecule is COc1ccccc1NCc1cccc(F)c1. The average molecular weight is 231 g/mol. The summed E-state index contributed by atoms with van der Waals surface area (Å²) >= 11 is 0. The number of para-hydroxylation sites is 2. The van der Waals surface area contributed by atoms with Crippen molar-refractivity contribution in [2.75, 3.05) is 12.4 Å². The van der Waals surface area contributed by atoms with Crippen LogP contribution in [0.3, 0.4) is 0 Å². The van der Waals surface area contributed by atoms with Crippen LogP contribution in [0.2, 0.25) is 0 Å². The molecule has 0 aliphatic rings. The van der Waals surface area contributed by atoms with Crippen LogP contribution in [0.4, 0.5) is 10.1 Å². The summed E-state index contributed by atoms with van der Waals surface area (Å²) in [6.45, 7) is 0.568. The van der Waals surface area contributed by atoms with Crippen molar-refractivity contribution >= 4 is 5.69 Å². The Bertz CT molecular complexity index is 499. The first kappa shape index (κ1) is 11.5. The molecule has 0 aliphatic carbocycles. The predicted octanol–water partition coefficient (Wildman–Crippen LogP) is 3.45. The second-order valence-corrected chi connectivity index (χ2v) is 3.68. The van der Waals surface area contributed by atoms with E-state index < -0.39 is 0 Å². The molecule has 0 spiro atoms. The van der Waals surface area contributed by atoms with Crippen LogP contribution >= 0.6 is 0 Å². The van der Waals surface area contributed by atoms with Crippen LogP contribution in [0.15, 0.2) is 48.5 Å². The average Bonchev–Trinajstić information content (AvgIpc) is 2.37. The molecule has 2 nitrogen and oxygen atoms in total.